The van der Waals surface area contributed by atoms with Crippen molar-refractivity contribution in [3.05, 3.63) is 24.3 Å². The third-order valence-electron chi connectivity index (χ3n) is 3.27. The number of nitrogens with one attached hydrogen (secondary N) is 1. The summed E-state index contributed by atoms with van der Waals surface area (Å²) in [6.07, 6.45) is 0. The van der Waals surface area contributed by atoms with Crippen molar-refractivity contribution in [2.45, 2.75) is 4.90 Å². The topological polar surface area (TPSA) is 51.1 Å². The Morgan fingerprint density at radius 1 is 1.17 bits per heavy atom. The standard InChI is InChI=1S/C12H18N2O3S/c1-13-7-9-14(10-8-13)18(15,16)12-5-3-11(17-2)4-6-12/h3-6H,7-10H2,1-2H3/p+1. The molecule has 0 radical (unpaired) electrons. The normalized spacial score (nSPS) is 18.8. The van der Waals surface area contributed by atoms with Crippen LogP contribution >= 0.6 is 0 Å². The highest BCUT2D eigenvalue weighted by molar-refractivity contribution is 7.89. The summed E-state index contributed by atoms with van der Waals surface area (Å²) in [5.74, 6) is 0.664. The Morgan fingerprint density at radius 3 is 2.22 bits per heavy atom. The molecule has 0 aliphatic carbocycles. The molecule has 1 aliphatic heterocycles. The lowest BCUT2D eigenvalue weighted by Crippen LogP contribution is -3.12. The number of benzene rings is 1. The van der Waals surface area contributed by atoms with Gasteiger partial charge < -0.3 is 9.64 Å². The fraction of sp³-hybridized carbons (Fsp3) is 0.500. The first-order valence-corrected chi connectivity index (χ1v) is 7.43. The van der Waals surface area contributed by atoms with Gasteiger partial charge in [-0.2, -0.15) is 4.31 Å². The van der Waals surface area contributed by atoms with Gasteiger partial charge in [-0.25, -0.2) is 8.42 Å². The Morgan fingerprint density at radius 2 is 1.72 bits per heavy atom. The molecule has 0 unspecified atom stereocenters. The third kappa shape index (κ3) is 2.66. The number of nitrogens with zero attached hydrogens (tertiary/aromatic N) is 1. The minimum Gasteiger partial charge on any atom is -0.497 e. The zero-order valence-electron chi connectivity index (χ0n) is 10.7. The van der Waals surface area contributed by atoms with Crippen molar-refractivity contribution in [3.63, 3.8) is 0 Å². The summed E-state index contributed by atoms with van der Waals surface area (Å²) in [5.41, 5.74) is 0. The lowest BCUT2D eigenvalue weighted by atomic mass is 10.3. The summed E-state index contributed by atoms with van der Waals surface area (Å²) in [5, 5.41) is 0. The summed E-state index contributed by atoms with van der Waals surface area (Å²) < 4.78 is 31.3. The zero-order chi connectivity index (χ0) is 13.2. The van der Waals surface area contributed by atoms with Crippen LogP contribution in [0.1, 0.15) is 0 Å². The summed E-state index contributed by atoms with van der Waals surface area (Å²) in [7, 11) is 0.297. The first kappa shape index (κ1) is 13.3. The molecule has 0 spiro atoms. The third-order valence-corrected chi connectivity index (χ3v) is 5.19. The maximum atomic E-state index is 12.4. The molecular formula is C12H19N2O3S+. The Bertz CT molecular complexity index is 491. The van der Waals surface area contributed by atoms with E-state index in [1.54, 1.807) is 35.7 Å². The number of ether oxygens (including phenoxy) is 1. The second kappa shape index (κ2) is 5.26. The lowest BCUT2D eigenvalue weighted by molar-refractivity contribution is -0.883. The molecule has 1 aliphatic rings. The highest BCUT2D eigenvalue weighted by atomic mass is 32.2. The average molecular weight is 271 g/mol. The van der Waals surface area contributed by atoms with Crippen molar-refractivity contribution in [2.75, 3.05) is 40.3 Å². The van der Waals surface area contributed by atoms with E-state index in [1.807, 2.05) is 0 Å². The molecule has 0 bridgehead atoms. The number of sulfonamides is 1. The first-order chi connectivity index (χ1) is 8.54. The van der Waals surface area contributed by atoms with Gasteiger partial charge in [0.15, 0.2) is 0 Å². The van der Waals surface area contributed by atoms with E-state index in [2.05, 4.69) is 7.05 Å². The minimum atomic E-state index is -3.35. The van der Waals surface area contributed by atoms with E-state index in [0.29, 0.717) is 23.7 Å². The lowest BCUT2D eigenvalue weighted by Gasteiger charge is -2.29. The summed E-state index contributed by atoms with van der Waals surface area (Å²) in [6.45, 7) is 2.88. The molecule has 1 heterocycles. The van der Waals surface area contributed by atoms with Gasteiger partial charge in [-0.1, -0.05) is 0 Å². The van der Waals surface area contributed by atoms with Crippen LogP contribution in [0.3, 0.4) is 0 Å². The SMILES string of the molecule is COc1ccc(S(=O)(=O)N2CC[NH+](C)CC2)cc1. The summed E-state index contributed by atoms with van der Waals surface area (Å²) in [6, 6.07) is 6.54. The number of hydrogen-bond acceptors (Lipinski definition) is 3. The van der Waals surface area contributed by atoms with E-state index in [9.17, 15) is 8.42 Å². The van der Waals surface area contributed by atoms with Crippen LogP contribution in [0, 0.1) is 0 Å². The van der Waals surface area contributed by atoms with Crippen LogP contribution in [0.25, 0.3) is 0 Å². The van der Waals surface area contributed by atoms with Gasteiger partial charge >= 0.3 is 0 Å². The summed E-state index contributed by atoms with van der Waals surface area (Å²) >= 11 is 0. The van der Waals surface area contributed by atoms with Crippen LogP contribution in [0.2, 0.25) is 0 Å². The molecule has 2 rings (SSSR count). The maximum Gasteiger partial charge on any atom is 0.243 e. The van der Waals surface area contributed by atoms with E-state index >= 15 is 0 Å². The minimum absolute atomic E-state index is 0.336. The van der Waals surface area contributed by atoms with Crippen molar-refractivity contribution in [1.82, 2.24) is 4.31 Å². The van der Waals surface area contributed by atoms with Gasteiger partial charge in [-0.15, -0.1) is 0 Å². The van der Waals surface area contributed by atoms with Gasteiger partial charge in [0.05, 0.1) is 45.2 Å². The number of rotatable bonds is 3. The van der Waals surface area contributed by atoms with Crippen molar-refractivity contribution in [2.24, 2.45) is 0 Å². The van der Waals surface area contributed by atoms with Crippen molar-refractivity contribution >= 4 is 10.0 Å². The van der Waals surface area contributed by atoms with Crippen LogP contribution in [0.5, 0.6) is 5.75 Å². The monoisotopic (exact) mass is 271 g/mol. The molecule has 0 aromatic heterocycles. The van der Waals surface area contributed by atoms with Crippen molar-refractivity contribution in [3.8, 4) is 5.75 Å². The molecule has 1 aromatic carbocycles. The van der Waals surface area contributed by atoms with E-state index in [-0.39, 0.29) is 0 Å². The van der Waals surface area contributed by atoms with E-state index in [0.717, 1.165) is 13.1 Å². The second-order valence-corrected chi connectivity index (χ2v) is 6.47. The van der Waals surface area contributed by atoms with Gasteiger partial charge in [0.1, 0.15) is 5.75 Å². The van der Waals surface area contributed by atoms with Crippen molar-refractivity contribution in [1.29, 1.82) is 0 Å². The molecular weight excluding hydrogens is 252 g/mol. The molecule has 0 atom stereocenters. The number of hydrogen-bond donors (Lipinski definition) is 1. The highest BCUT2D eigenvalue weighted by Crippen LogP contribution is 2.19. The molecule has 1 fully saturated rings. The first-order valence-electron chi connectivity index (χ1n) is 5.99. The number of likely N-dealkylation sites (N-methyl/N-ethyl adjacent to an activating group) is 1. The largest absolute Gasteiger partial charge is 0.497 e. The van der Waals surface area contributed by atoms with Gasteiger partial charge in [0.2, 0.25) is 10.0 Å². The number of piperazine rings is 1. The molecule has 1 saturated heterocycles. The fourth-order valence-corrected chi connectivity index (χ4v) is 3.45. The predicted molar refractivity (Wildman–Crippen MR) is 68.4 cm³/mol. The number of quaternary nitrogens is 1. The maximum absolute atomic E-state index is 12.4. The van der Waals surface area contributed by atoms with Gasteiger partial charge in [0.25, 0.3) is 0 Å². The Balaban J connectivity index is 2.19. The van der Waals surface area contributed by atoms with E-state index in [1.165, 1.54) is 4.90 Å². The Labute approximate surface area is 108 Å². The quantitative estimate of drug-likeness (QED) is 0.784. The Kier molecular flexibility index (Phi) is 3.89. The van der Waals surface area contributed by atoms with Crippen LogP contribution in [0.4, 0.5) is 0 Å². The van der Waals surface area contributed by atoms with E-state index < -0.39 is 10.0 Å². The molecule has 18 heavy (non-hydrogen) atoms. The molecule has 6 heteroatoms. The van der Waals surface area contributed by atoms with Gasteiger partial charge in [0, 0.05) is 0 Å². The van der Waals surface area contributed by atoms with Gasteiger partial charge in [-0.05, 0) is 24.3 Å². The molecule has 5 nitrogen and oxygen atoms in total. The van der Waals surface area contributed by atoms with Crippen LogP contribution in [-0.4, -0.2) is 53.1 Å². The van der Waals surface area contributed by atoms with Crippen LogP contribution in [-0.2, 0) is 10.0 Å². The molecule has 1 N–H and O–H groups in total. The molecule has 1 aromatic rings. The predicted octanol–water partition coefficient (Wildman–Crippen LogP) is -0.786. The Hall–Kier alpha value is -1.11. The zero-order valence-corrected chi connectivity index (χ0v) is 11.5. The molecule has 0 saturated carbocycles. The summed E-state index contributed by atoms with van der Waals surface area (Å²) in [4.78, 5) is 1.71. The van der Waals surface area contributed by atoms with Gasteiger partial charge in [-0.3, -0.25) is 0 Å². The second-order valence-electron chi connectivity index (χ2n) is 4.54. The highest BCUT2D eigenvalue weighted by Gasteiger charge is 2.28. The fourth-order valence-electron chi connectivity index (χ4n) is 2.01. The van der Waals surface area contributed by atoms with Crippen LogP contribution in [0.15, 0.2) is 29.2 Å². The average Bonchev–Trinajstić information content (AvgIpc) is 2.39. The number of methoxy groups -OCH3 is 1. The van der Waals surface area contributed by atoms with Crippen LogP contribution < -0.4 is 9.64 Å². The molecule has 100 valence electrons. The smallest absolute Gasteiger partial charge is 0.243 e. The van der Waals surface area contributed by atoms with E-state index in [4.69, 9.17) is 4.74 Å². The van der Waals surface area contributed by atoms with Crippen molar-refractivity contribution < 1.29 is 18.1 Å². The molecule has 0 amide bonds.